The summed E-state index contributed by atoms with van der Waals surface area (Å²) < 4.78 is 0. The van der Waals surface area contributed by atoms with Gasteiger partial charge >= 0.3 is 0 Å². The van der Waals surface area contributed by atoms with Crippen LogP contribution in [0.15, 0.2) is 35.7 Å². The lowest BCUT2D eigenvalue weighted by Crippen LogP contribution is -2.36. The van der Waals surface area contributed by atoms with Crippen LogP contribution in [0.3, 0.4) is 0 Å². The summed E-state index contributed by atoms with van der Waals surface area (Å²) in [6.45, 7) is 9.82. The predicted octanol–water partition coefficient (Wildman–Crippen LogP) is 5.05. The molecule has 0 spiro atoms. The van der Waals surface area contributed by atoms with Gasteiger partial charge in [-0.05, 0) is 99.7 Å². The number of hydrogen-bond donors (Lipinski definition) is 1. The molecule has 5 heteroatoms. The van der Waals surface area contributed by atoms with Gasteiger partial charge in [0.05, 0.1) is 6.54 Å². The Hall–Kier alpha value is -1.43. The molecule has 0 aliphatic carbocycles. The van der Waals surface area contributed by atoms with Gasteiger partial charge in [0, 0.05) is 17.1 Å². The molecule has 0 saturated carbocycles. The molecule has 1 N–H and O–H groups in total. The molecule has 0 atom stereocenters. The van der Waals surface area contributed by atoms with Crippen LogP contribution in [0.2, 0.25) is 0 Å². The van der Waals surface area contributed by atoms with Crippen LogP contribution in [0.4, 0.5) is 5.69 Å². The Bertz CT molecular complexity index is 686. The quantitative estimate of drug-likeness (QED) is 0.670. The van der Waals surface area contributed by atoms with Gasteiger partial charge in [-0.2, -0.15) is 0 Å². The van der Waals surface area contributed by atoms with Gasteiger partial charge in [-0.15, -0.1) is 11.3 Å². The van der Waals surface area contributed by atoms with Gasteiger partial charge in [0.25, 0.3) is 0 Å². The average Bonchev–Trinajstić information content (AvgIpc) is 3.26. The molecule has 3 nitrogen and oxygen atoms in total. The monoisotopic (exact) mass is 387 g/mol. The average molecular weight is 388 g/mol. The minimum Gasteiger partial charge on any atom is -0.344 e. The number of aryl methyl sites for hydroxylation is 2. The number of thiophene rings is 1. The molecule has 0 bridgehead atoms. The first kappa shape index (κ1) is 19.3. The summed E-state index contributed by atoms with van der Waals surface area (Å²) in [6, 6.07) is 10.8. The third-order valence-electron chi connectivity index (χ3n) is 4.79. The third kappa shape index (κ3) is 5.79. The van der Waals surface area contributed by atoms with Gasteiger partial charge in [-0.1, -0.05) is 12.1 Å². The Morgan fingerprint density at radius 3 is 2.58 bits per heavy atom. The van der Waals surface area contributed by atoms with E-state index in [-0.39, 0.29) is 0 Å². The van der Waals surface area contributed by atoms with E-state index >= 15 is 0 Å². The van der Waals surface area contributed by atoms with Crippen molar-refractivity contribution in [3.63, 3.8) is 0 Å². The summed E-state index contributed by atoms with van der Waals surface area (Å²) >= 11 is 7.57. The number of nitrogens with zero attached hydrogens (tertiary/aromatic N) is 2. The molecule has 1 fully saturated rings. The summed E-state index contributed by atoms with van der Waals surface area (Å²) in [5, 5.41) is 6.42. The number of anilines is 1. The van der Waals surface area contributed by atoms with E-state index < -0.39 is 0 Å². The Balaban J connectivity index is 1.61. The van der Waals surface area contributed by atoms with Crippen molar-refractivity contribution in [2.75, 3.05) is 31.5 Å². The van der Waals surface area contributed by atoms with Crippen molar-refractivity contribution < 1.29 is 0 Å². The molecule has 0 radical (unpaired) electrons. The summed E-state index contributed by atoms with van der Waals surface area (Å²) in [4.78, 5) is 6.24. The molecular formula is C21H29N3S2. The zero-order chi connectivity index (χ0) is 18.4. The fourth-order valence-electron chi connectivity index (χ4n) is 3.58. The molecule has 2 aromatic rings. The highest BCUT2D eigenvalue weighted by molar-refractivity contribution is 7.80. The van der Waals surface area contributed by atoms with Crippen LogP contribution in [0.1, 0.15) is 35.3 Å². The first-order chi connectivity index (χ1) is 12.6. The molecule has 1 saturated heterocycles. The minimum atomic E-state index is 0.824. The number of benzene rings is 1. The molecule has 1 aliphatic rings. The van der Waals surface area contributed by atoms with E-state index in [4.69, 9.17) is 12.2 Å². The summed E-state index contributed by atoms with van der Waals surface area (Å²) in [6.07, 6.45) is 3.86. The zero-order valence-corrected chi connectivity index (χ0v) is 17.5. The van der Waals surface area contributed by atoms with Gasteiger partial charge in [0.15, 0.2) is 5.11 Å². The molecule has 1 aliphatic heterocycles. The largest absolute Gasteiger partial charge is 0.344 e. The van der Waals surface area contributed by atoms with E-state index in [0.29, 0.717) is 0 Å². The fourth-order valence-corrected chi connectivity index (χ4v) is 4.58. The lowest BCUT2D eigenvalue weighted by atomic mass is 10.1. The van der Waals surface area contributed by atoms with Gasteiger partial charge in [0.1, 0.15) is 0 Å². The summed E-state index contributed by atoms with van der Waals surface area (Å²) in [5.74, 6) is 0. The van der Waals surface area contributed by atoms with Crippen LogP contribution in [-0.4, -0.2) is 41.1 Å². The summed E-state index contributed by atoms with van der Waals surface area (Å²) in [5.41, 5.74) is 3.60. The molecular weight excluding hydrogens is 358 g/mol. The van der Waals surface area contributed by atoms with Crippen LogP contribution in [0.25, 0.3) is 0 Å². The summed E-state index contributed by atoms with van der Waals surface area (Å²) in [7, 11) is 0. The van der Waals surface area contributed by atoms with Crippen LogP contribution in [0, 0.1) is 13.8 Å². The first-order valence-corrected chi connectivity index (χ1v) is 10.8. The lowest BCUT2D eigenvalue weighted by Gasteiger charge is -2.27. The second-order valence-electron chi connectivity index (χ2n) is 7.21. The highest BCUT2D eigenvalue weighted by Crippen LogP contribution is 2.17. The smallest absolute Gasteiger partial charge is 0.173 e. The van der Waals surface area contributed by atoms with Crippen molar-refractivity contribution in [2.45, 2.75) is 39.7 Å². The van der Waals surface area contributed by atoms with Gasteiger partial charge in [0.2, 0.25) is 0 Å². The molecule has 0 amide bonds. The van der Waals surface area contributed by atoms with Gasteiger partial charge < -0.3 is 15.1 Å². The van der Waals surface area contributed by atoms with Gasteiger partial charge in [-0.25, -0.2) is 0 Å². The minimum absolute atomic E-state index is 0.824. The number of rotatable bonds is 7. The van der Waals surface area contributed by atoms with Crippen molar-refractivity contribution in [1.29, 1.82) is 0 Å². The maximum absolute atomic E-state index is 5.77. The molecule has 3 rings (SSSR count). The Morgan fingerprint density at radius 1 is 1.19 bits per heavy atom. The third-order valence-corrected chi connectivity index (χ3v) is 6.01. The Kier molecular flexibility index (Phi) is 7.06. The van der Waals surface area contributed by atoms with E-state index in [0.717, 1.165) is 30.3 Å². The maximum atomic E-state index is 5.77. The van der Waals surface area contributed by atoms with Crippen LogP contribution in [-0.2, 0) is 6.54 Å². The number of thiocarbonyl (C=S) groups is 1. The van der Waals surface area contributed by atoms with Crippen molar-refractivity contribution in [1.82, 2.24) is 9.80 Å². The Labute approximate surface area is 167 Å². The maximum Gasteiger partial charge on any atom is 0.173 e. The fraction of sp³-hybridized carbons (Fsp3) is 0.476. The van der Waals surface area contributed by atoms with E-state index in [1.54, 1.807) is 11.3 Å². The van der Waals surface area contributed by atoms with E-state index in [1.165, 1.54) is 48.5 Å². The van der Waals surface area contributed by atoms with Crippen LogP contribution >= 0.6 is 23.6 Å². The van der Waals surface area contributed by atoms with Crippen LogP contribution < -0.4 is 5.32 Å². The first-order valence-electron chi connectivity index (χ1n) is 9.49. The number of likely N-dealkylation sites (tertiary alicyclic amines) is 1. The normalized spacial score (nSPS) is 14.5. The molecule has 1 aromatic carbocycles. The van der Waals surface area contributed by atoms with E-state index in [2.05, 4.69) is 64.7 Å². The number of nitrogens with one attached hydrogen (secondary N) is 1. The molecule has 1 aromatic heterocycles. The highest BCUT2D eigenvalue weighted by atomic mass is 32.1. The molecule has 2 heterocycles. The van der Waals surface area contributed by atoms with Crippen molar-refractivity contribution >= 4 is 34.4 Å². The molecule has 140 valence electrons. The van der Waals surface area contributed by atoms with Crippen molar-refractivity contribution in [3.05, 3.63) is 51.7 Å². The van der Waals surface area contributed by atoms with Crippen LogP contribution in [0.5, 0.6) is 0 Å². The Morgan fingerprint density at radius 2 is 1.92 bits per heavy atom. The van der Waals surface area contributed by atoms with Crippen molar-refractivity contribution in [2.24, 2.45) is 0 Å². The standard InChI is InChI=1S/C21H29N3S2/c1-17-13-18(2)15-19(14-17)22-21(25)24(16-20-7-5-12-26-20)11-6-10-23-8-3-4-9-23/h5,7,12-15H,3-4,6,8-11,16H2,1-2H3,(H,22,25). The second-order valence-corrected chi connectivity index (χ2v) is 8.63. The topological polar surface area (TPSA) is 18.5 Å². The molecule has 26 heavy (non-hydrogen) atoms. The zero-order valence-electron chi connectivity index (χ0n) is 15.8. The lowest BCUT2D eigenvalue weighted by molar-refractivity contribution is 0.307. The van der Waals surface area contributed by atoms with E-state index in [9.17, 15) is 0 Å². The van der Waals surface area contributed by atoms with Gasteiger partial charge in [-0.3, -0.25) is 0 Å². The molecule has 0 unspecified atom stereocenters. The predicted molar refractivity (Wildman–Crippen MR) is 117 cm³/mol. The SMILES string of the molecule is Cc1cc(C)cc(NC(=S)N(CCCN2CCCC2)Cc2cccs2)c1. The second kappa shape index (κ2) is 9.49. The highest BCUT2D eigenvalue weighted by Gasteiger charge is 2.14. The van der Waals surface area contributed by atoms with Crippen molar-refractivity contribution in [3.8, 4) is 0 Å². The van der Waals surface area contributed by atoms with E-state index in [1.807, 2.05) is 0 Å². The number of hydrogen-bond acceptors (Lipinski definition) is 3.